The second kappa shape index (κ2) is 3.74. The fraction of sp³-hybridized carbons (Fsp3) is 0.800. The Bertz CT molecular complexity index is 216. The highest BCUT2D eigenvalue weighted by molar-refractivity contribution is 5.78. The lowest BCUT2D eigenvalue weighted by Gasteiger charge is -2.09. The summed E-state index contributed by atoms with van der Waals surface area (Å²) in [7, 11) is 0. The minimum Gasteiger partial charge on any atom is -0.459 e. The molecule has 0 radical (unpaired) electrons. The van der Waals surface area contributed by atoms with E-state index in [9.17, 15) is 19.8 Å². The number of carbonyl (C=O) groups is 1. The minimum atomic E-state index is -2.52. The average molecular weight is 176 g/mol. The van der Waals surface area contributed by atoms with E-state index in [2.05, 4.69) is 9.91 Å². The molecule has 68 valence electrons. The second-order valence-corrected chi connectivity index (χ2v) is 2.09. The first-order valence-electron chi connectivity index (χ1n) is 3.15. The van der Waals surface area contributed by atoms with Gasteiger partial charge in [0.1, 0.15) is 0 Å². The van der Waals surface area contributed by atoms with Crippen LogP contribution in [0.5, 0.6) is 0 Å². The number of hydrogen-bond acceptors (Lipinski definition) is 6. The highest BCUT2D eigenvalue weighted by Gasteiger charge is 2.50. The van der Waals surface area contributed by atoms with Gasteiger partial charge in [-0.1, -0.05) is 0 Å². The van der Waals surface area contributed by atoms with Crippen molar-refractivity contribution in [2.75, 3.05) is 6.61 Å². The zero-order chi connectivity index (χ0) is 9.78. The van der Waals surface area contributed by atoms with Crippen LogP contribution in [0.4, 0.5) is 0 Å². The molecule has 0 rings (SSSR count). The van der Waals surface area contributed by atoms with Gasteiger partial charge in [-0.15, -0.1) is 4.91 Å². The molecule has 0 saturated heterocycles. The van der Waals surface area contributed by atoms with Crippen LogP contribution < -0.4 is 0 Å². The van der Waals surface area contributed by atoms with E-state index in [1.807, 2.05) is 0 Å². The first kappa shape index (κ1) is 10.5. The molecule has 12 heavy (non-hydrogen) atoms. The smallest absolute Gasteiger partial charge is 0.439 e. The van der Waals surface area contributed by atoms with Crippen molar-refractivity contribution in [3.8, 4) is 0 Å². The van der Waals surface area contributed by atoms with Gasteiger partial charge in [0.2, 0.25) is 0 Å². The van der Waals surface area contributed by atoms with Crippen molar-refractivity contribution in [3.05, 3.63) is 15.0 Å². The Hall–Kier alpha value is -1.53. The molecule has 0 N–H and O–H groups in total. The number of nitro groups is 1. The number of carbonyl (C=O) groups excluding carboxylic acids is 1. The Labute approximate surface area is 67.8 Å². The number of nitroso groups, excluding NO2 is 1. The minimum absolute atomic E-state index is 0.0300. The molecule has 0 aliphatic heterocycles. The summed E-state index contributed by atoms with van der Waals surface area (Å²) in [6.07, 6.45) is 0. The molecule has 0 saturated carbocycles. The van der Waals surface area contributed by atoms with Crippen LogP contribution in [0.1, 0.15) is 13.8 Å². The van der Waals surface area contributed by atoms with Crippen molar-refractivity contribution >= 4 is 5.97 Å². The lowest BCUT2D eigenvalue weighted by Crippen LogP contribution is -2.42. The van der Waals surface area contributed by atoms with Crippen LogP contribution in [-0.4, -0.2) is 23.2 Å². The second-order valence-electron chi connectivity index (χ2n) is 2.09. The van der Waals surface area contributed by atoms with Gasteiger partial charge in [-0.05, 0) is 6.92 Å². The molecule has 0 spiro atoms. The third kappa shape index (κ3) is 1.74. The van der Waals surface area contributed by atoms with Crippen LogP contribution in [0, 0.1) is 15.0 Å². The summed E-state index contributed by atoms with van der Waals surface area (Å²) < 4.78 is 4.28. The van der Waals surface area contributed by atoms with Gasteiger partial charge in [-0.3, -0.25) is 10.1 Å². The largest absolute Gasteiger partial charge is 0.459 e. The molecule has 7 heteroatoms. The normalized spacial score (nSPS) is 14.5. The standard InChI is InChI=1S/C5H8N2O5/c1-3-12-4(8)5(2,6-9)7(10)11/h3H2,1-2H3. The van der Waals surface area contributed by atoms with Gasteiger partial charge >= 0.3 is 11.6 Å². The molecule has 0 aromatic heterocycles. The SMILES string of the molecule is CCOC(=O)C(C)(N=O)[N+](=O)[O-]. The number of rotatable bonds is 4. The van der Waals surface area contributed by atoms with Gasteiger partial charge in [-0.2, -0.15) is 0 Å². The Morgan fingerprint density at radius 2 is 2.25 bits per heavy atom. The van der Waals surface area contributed by atoms with E-state index < -0.39 is 16.6 Å². The lowest BCUT2D eigenvalue weighted by molar-refractivity contribution is -0.549. The summed E-state index contributed by atoms with van der Waals surface area (Å²) >= 11 is 0. The summed E-state index contributed by atoms with van der Waals surface area (Å²) in [6, 6.07) is 0. The van der Waals surface area contributed by atoms with E-state index in [0.29, 0.717) is 0 Å². The quantitative estimate of drug-likeness (QED) is 0.265. The molecule has 0 aromatic rings. The van der Waals surface area contributed by atoms with Gasteiger partial charge in [-0.25, -0.2) is 4.79 Å². The van der Waals surface area contributed by atoms with Crippen LogP contribution in [0.3, 0.4) is 0 Å². The molecule has 0 amide bonds. The van der Waals surface area contributed by atoms with Gasteiger partial charge in [0.05, 0.1) is 11.5 Å². The van der Waals surface area contributed by atoms with Crippen molar-refractivity contribution in [2.45, 2.75) is 19.5 Å². The van der Waals surface area contributed by atoms with Crippen molar-refractivity contribution in [1.82, 2.24) is 0 Å². The highest BCUT2D eigenvalue weighted by atomic mass is 16.6. The molecule has 0 aliphatic rings. The molecule has 0 heterocycles. The molecule has 0 fully saturated rings. The van der Waals surface area contributed by atoms with Crippen LogP contribution >= 0.6 is 0 Å². The monoisotopic (exact) mass is 176 g/mol. The van der Waals surface area contributed by atoms with E-state index in [4.69, 9.17) is 0 Å². The molecule has 1 atom stereocenters. The molecule has 1 unspecified atom stereocenters. The number of nitrogens with zero attached hydrogens (tertiary/aromatic N) is 2. The fourth-order valence-electron chi connectivity index (χ4n) is 0.413. The predicted octanol–water partition coefficient (Wildman–Crippen LogP) is 0.309. The lowest BCUT2D eigenvalue weighted by atomic mass is 10.2. The van der Waals surface area contributed by atoms with Gasteiger partial charge in [0.15, 0.2) is 0 Å². The fourth-order valence-corrected chi connectivity index (χ4v) is 0.413. The maximum Gasteiger partial charge on any atom is 0.439 e. The molecule has 7 nitrogen and oxygen atoms in total. The predicted molar refractivity (Wildman–Crippen MR) is 37.8 cm³/mol. The Kier molecular flexibility index (Phi) is 3.27. The third-order valence-corrected chi connectivity index (χ3v) is 1.20. The van der Waals surface area contributed by atoms with Crippen LogP contribution in [0.2, 0.25) is 0 Å². The van der Waals surface area contributed by atoms with Crippen LogP contribution in [0.15, 0.2) is 5.18 Å². The van der Waals surface area contributed by atoms with Gasteiger partial charge < -0.3 is 4.74 Å². The van der Waals surface area contributed by atoms with E-state index >= 15 is 0 Å². The van der Waals surface area contributed by atoms with Crippen LogP contribution in [-0.2, 0) is 9.53 Å². The first-order valence-corrected chi connectivity index (χ1v) is 3.15. The van der Waals surface area contributed by atoms with Crippen molar-refractivity contribution < 1.29 is 14.5 Å². The Balaban J connectivity index is 4.63. The van der Waals surface area contributed by atoms with E-state index in [1.54, 1.807) is 0 Å². The Morgan fingerprint density at radius 3 is 2.50 bits per heavy atom. The van der Waals surface area contributed by atoms with Gasteiger partial charge in [0, 0.05) is 12.1 Å². The number of esters is 1. The Morgan fingerprint density at radius 1 is 1.75 bits per heavy atom. The average Bonchev–Trinajstić information content (AvgIpc) is 2.03. The molecular weight excluding hydrogens is 168 g/mol. The molecule has 0 bridgehead atoms. The van der Waals surface area contributed by atoms with Crippen molar-refractivity contribution in [2.24, 2.45) is 5.18 Å². The highest BCUT2D eigenvalue weighted by Crippen LogP contribution is 2.12. The summed E-state index contributed by atoms with van der Waals surface area (Å²) in [5.41, 5.74) is -2.52. The summed E-state index contributed by atoms with van der Waals surface area (Å²) in [5, 5.41) is 12.3. The van der Waals surface area contributed by atoms with Crippen LogP contribution in [0.25, 0.3) is 0 Å². The zero-order valence-electron chi connectivity index (χ0n) is 6.64. The summed E-state index contributed by atoms with van der Waals surface area (Å²) in [4.78, 5) is 29.9. The van der Waals surface area contributed by atoms with Gasteiger partial charge in [0.25, 0.3) is 0 Å². The maximum absolute atomic E-state index is 10.8. The summed E-state index contributed by atoms with van der Waals surface area (Å²) in [6.45, 7) is 2.23. The van der Waals surface area contributed by atoms with E-state index in [-0.39, 0.29) is 6.61 Å². The number of ether oxygens (including phenoxy) is 1. The number of hydrogen-bond donors (Lipinski definition) is 0. The van der Waals surface area contributed by atoms with Crippen molar-refractivity contribution in [1.29, 1.82) is 0 Å². The zero-order valence-corrected chi connectivity index (χ0v) is 6.64. The van der Waals surface area contributed by atoms with E-state index in [1.165, 1.54) is 6.92 Å². The third-order valence-electron chi connectivity index (χ3n) is 1.20. The van der Waals surface area contributed by atoms with Crippen molar-refractivity contribution in [3.63, 3.8) is 0 Å². The molecule has 0 aromatic carbocycles. The molecule has 0 aliphatic carbocycles. The summed E-state index contributed by atoms with van der Waals surface area (Å²) in [5.74, 6) is -1.25. The van der Waals surface area contributed by atoms with E-state index in [0.717, 1.165) is 6.92 Å². The first-order chi connectivity index (χ1) is 5.49. The topological polar surface area (TPSA) is 98.9 Å². The maximum atomic E-state index is 10.8. The molecular formula is C5H8N2O5.